The molecule has 1 N–H and O–H groups in total. The maximum Gasteiger partial charge on any atom is 0.244 e. The van der Waals surface area contributed by atoms with Crippen LogP contribution in [0.25, 0.3) is 0 Å². The van der Waals surface area contributed by atoms with E-state index in [0.717, 1.165) is 11.3 Å². The molecule has 0 bridgehead atoms. The average molecular weight is 325 g/mol. The molecular weight excluding hydrogens is 302 g/mol. The minimum atomic E-state index is -0.405. The number of aryl methyl sites for hydroxylation is 2. The normalized spacial score (nSPS) is 18.6. The molecule has 7 heteroatoms. The highest BCUT2D eigenvalue weighted by atomic mass is 32.2. The van der Waals surface area contributed by atoms with Crippen molar-refractivity contribution in [3.05, 3.63) is 17.0 Å². The molecule has 0 unspecified atom stereocenters. The smallest absolute Gasteiger partial charge is 0.244 e. The van der Waals surface area contributed by atoms with Crippen LogP contribution in [0.2, 0.25) is 0 Å². The van der Waals surface area contributed by atoms with E-state index in [9.17, 15) is 9.59 Å². The third kappa shape index (κ3) is 3.82. The lowest BCUT2D eigenvalue weighted by Gasteiger charge is -2.27. The number of aromatic nitrogens is 1. The highest BCUT2D eigenvalue weighted by Gasteiger charge is 2.36. The second-order valence-corrected chi connectivity index (χ2v) is 7.60. The third-order valence-electron chi connectivity index (χ3n) is 3.51. The molecule has 22 heavy (non-hydrogen) atoms. The van der Waals surface area contributed by atoms with Gasteiger partial charge in [-0.15, -0.1) is 11.8 Å². The first kappa shape index (κ1) is 16.9. The number of nitrogens with one attached hydrogen (secondary N) is 1. The summed E-state index contributed by atoms with van der Waals surface area (Å²) in [6.07, 6.45) is 0.223. The Hall–Kier alpha value is -1.50. The number of rotatable bonds is 3. The standard InChI is InChI=1S/C15H23N3O3S/c1-9-11(10(2)21-17-9)6-13(19)18-8-22-7-12(18)14(20)16-15(3,4)5/h12H,6-8H2,1-5H3,(H,16,20)/t12-/m0/s1. The molecule has 1 saturated heterocycles. The Balaban J connectivity index is 2.07. The summed E-state index contributed by atoms with van der Waals surface area (Å²) >= 11 is 1.60. The number of hydrogen-bond donors (Lipinski definition) is 1. The number of thioether (sulfide) groups is 1. The van der Waals surface area contributed by atoms with E-state index < -0.39 is 6.04 Å². The van der Waals surface area contributed by atoms with Crippen LogP contribution >= 0.6 is 11.8 Å². The van der Waals surface area contributed by atoms with Crippen LogP contribution in [0.5, 0.6) is 0 Å². The van der Waals surface area contributed by atoms with Crippen molar-refractivity contribution in [1.29, 1.82) is 0 Å². The second-order valence-electron chi connectivity index (χ2n) is 6.60. The lowest BCUT2D eigenvalue weighted by atomic mass is 10.1. The van der Waals surface area contributed by atoms with Crippen molar-refractivity contribution in [3.63, 3.8) is 0 Å². The number of hydrogen-bond acceptors (Lipinski definition) is 5. The highest BCUT2D eigenvalue weighted by Crippen LogP contribution is 2.24. The number of nitrogens with zero attached hydrogens (tertiary/aromatic N) is 2. The van der Waals surface area contributed by atoms with Crippen LogP contribution in [0.1, 0.15) is 37.8 Å². The molecule has 0 aromatic carbocycles. The van der Waals surface area contributed by atoms with E-state index in [2.05, 4.69) is 10.5 Å². The SMILES string of the molecule is Cc1noc(C)c1CC(=O)N1CSC[C@H]1C(=O)NC(C)(C)C. The molecule has 1 aliphatic heterocycles. The van der Waals surface area contributed by atoms with E-state index in [1.54, 1.807) is 23.6 Å². The quantitative estimate of drug-likeness (QED) is 0.914. The molecule has 1 fully saturated rings. The van der Waals surface area contributed by atoms with Gasteiger partial charge in [0.2, 0.25) is 11.8 Å². The predicted molar refractivity (Wildman–Crippen MR) is 85.5 cm³/mol. The Morgan fingerprint density at radius 2 is 2.09 bits per heavy atom. The van der Waals surface area contributed by atoms with E-state index in [1.807, 2.05) is 27.7 Å². The zero-order valence-electron chi connectivity index (χ0n) is 13.7. The maximum atomic E-state index is 12.6. The minimum absolute atomic E-state index is 0.0616. The Labute approximate surface area is 135 Å². The fourth-order valence-electron chi connectivity index (χ4n) is 2.37. The molecule has 1 aromatic heterocycles. The van der Waals surface area contributed by atoms with Gasteiger partial charge in [0.15, 0.2) is 0 Å². The van der Waals surface area contributed by atoms with Gasteiger partial charge in [-0.3, -0.25) is 9.59 Å². The van der Waals surface area contributed by atoms with Crippen molar-refractivity contribution < 1.29 is 14.1 Å². The predicted octanol–water partition coefficient (Wildman–Crippen LogP) is 1.65. The monoisotopic (exact) mass is 325 g/mol. The summed E-state index contributed by atoms with van der Waals surface area (Å²) in [5.41, 5.74) is 1.24. The maximum absolute atomic E-state index is 12.6. The second kappa shape index (κ2) is 6.32. The summed E-state index contributed by atoms with van der Waals surface area (Å²) < 4.78 is 5.09. The molecular formula is C15H23N3O3S. The van der Waals surface area contributed by atoms with Gasteiger partial charge in [0.05, 0.1) is 18.0 Å². The number of amides is 2. The lowest BCUT2D eigenvalue weighted by Crippen LogP contribution is -2.52. The van der Waals surface area contributed by atoms with Gasteiger partial charge >= 0.3 is 0 Å². The molecule has 1 atom stereocenters. The molecule has 1 aliphatic rings. The van der Waals surface area contributed by atoms with Gasteiger partial charge in [-0.2, -0.15) is 0 Å². The van der Waals surface area contributed by atoms with Gasteiger partial charge in [-0.05, 0) is 34.6 Å². The van der Waals surface area contributed by atoms with E-state index in [1.165, 1.54) is 0 Å². The average Bonchev–Trinajstić information content (AvgIpc) is 2.98. The summed E-state index contributed by atoms with van der Waals surface area (Å²) in [5.74, 6) is 1.69. The van der Waals surface area contributed by atoms with Gasteiger partial charge in [-0.1, -0.05) is 5.16 Å². The van der Waals surface area contributed by atoms with Crippen LogP contribution < -0.4 is 5.32 Å². The summed E-state index contributed by atoms with van der Waals surface area (Å²) in [5, 5.41) is 6.82. The van der Waals surface area contributed by atoms with Gasteiger partial charge in [0.25, 0.3) is 0 Å². The lowest BCUT2D eigenvalue weighted by molar-refractivity contribution is -0.138. The van der Waals surface area contributed by atoms with E-state index in [4.69, 9.17) is 4.52 Å². The van der Waals surface area contributed by atoms with Gasteiger partial charge in [0, 0.05) is 16.9 Å². The molecule has 2 amide bonds. The minimum Gasteiger partial charge on any atom is -0.361 e. The third-order valence-corrected chi connectivity index (χ3v) is 4.52. The summed E-state index contributed by atoms with van der Waals surface area (Å²) in [7, 11) is 0. The van der Waals surface area contributed by atoms with E-state index in [0.29, 0.717) is 17.4 Å². The molecule has 0 spiro atoms. The van der Waals surface area contributed by atoms with Crippen LogP contribution in [0.4, 0.5) is 0 Å². The zero-order chi connectivity index (χ0) is 16.5. The van der Waals surface area contributed by atoms with Gasteiger partial charge in [-0.25, -0.2) is 0 Å². The summed E-state index contributed by atoms with van der Waals surface area (Å²) in [4.78, 5) is 26.6. The van der Waals surface area contributed by atoms with Crippen LogP contribution in [0.15, 0.2) is 4.52 Å². The summed E-state index contributed by atoms with van der Waals surface area (Å²) in [6.45, 7) is 9.42. The number of carbonyl (C=O) groups excluding carboxylic acids is 2. The molecule has 0 saturated carbocycles. The van der Waals surface area contributed by atoms with E-state index >= 15 is 0 Å². The van der Waals surface area contributed by atoms with Crippen LogP contribution in [0, 0.1) is 13.8 Å². The Morgan fingerprint density at radius 1 is 1.41 bits per heavy atom. The van der Waals surface area contributed by atoms with Crippen molar-refractivity contribution in [2.45, 2.75) is 52.6 Å². The Bertz CT molecular complexity index is 558. The highest BCUT2D eigenvalue weighted by molar-refractivity contribution is 7.99. The van der Waals surface area contributed by atoms with Crippen LogP contribution in [0.3, 0.4) is 0 Å². The molecule has 1 aromatic rings. The van der Waals surface area contributed by atoms with Crippen molar-refractivity contribution in [3.8, 4) is 0 Å². The van der Waals surface area contributed by atoms with E-state index in [-0.39, 0.29) is 23.8 Å². The first-order chi connectivity index (χ1) is 10.2. The Morgan fingerprint density at radius 3 is 2.64 bits per heavy atom. The zero-order valence-corrected chi connectivity index (χ0v) is 14.5. The molecule has 122 valence electrons. The molecule has 0 radical (unpaired) electrons. The topological polar surface area (TPSA) is 75.4 Å². The fourth-order valence-corrected chi connectivity index (χ4v) is 3.55. The molecule has 2 heterocycles. The van der Waals surface area contributed by atoms with Gasteiger partial charge < -0.3 is 14.7 Å². The van der Waals surface area contributed by atoms with Crippen molar-refractivity contribution in [2.75, 3.05) is 11.6 Å². The fraction of sp³-hybridized carbons (Fsp3) is 0.667. The first-order valence-corrected chi connectivity index (χ1v) is 8.45. The molecule has 0 aliphatic carbocycles. The molecule has 2 rings (SSSR count). The first-order valence-electron chi connectivity index (χ1n) is 7.30. The van der Waals surface area contributed by atoms with Crippen molar-refractivity contribution in [2.24, 2.45) is 0 Å². The van der Waals surface area contributed by atoms with Crippen LogP contribution in [-0.2, 0) is 16.0 Å². The largest absolute Gasteiger partial charge is 0.361 e. The van der Waals surface area contributed by atoms with Crippen LogP contribution in [-0.4, -0.2) is 45.1 Å². The van der Waals surface area contributed by atoms with Crippen molar-refractivity contribution >= 4 is 23.6 Å². The van der Waals surface area contributed by atoms with Crippen molar-refractivity contribution in [1.82, 2.24) is 15.4 Å². The summed E-state index contributed by atoms with van der Waals surface area (Å²) in [6, 6.07) is -0.405. The van der Waals surface area contributed by atoms with Gasteiger partial charge in [0.1, 0.15) is 11.8 Å². The number of carbonyl (C=O) groups is 2. The molecule has 6 nitrogen and oxygen atoms in total. The Kier molecular flexibility index (Phi) is 4.84.